The fourth-order valence-corrected chi connectivity index (χ4v) is 16.3. The van der Waals surface area contributed by atoms with Crippen LogP contribution in [0.25, 0.3) is 0 Å². The van der Waals surface area contributed by atoms with Crippen LogP contribution in [0.3, 0.4) is 0 Å². The molecule has 133 heavy (non-hydrogen) atoms. The molecule has 5 aromatic rings. The van der Waals surface area contributed by atoms with E-state index in [1.54, 1.807) is 0 Å². The summed E-state index contributed by atoms with van der Waals surface area (Å²) in [6.45, 7) is 129. The highest BCUT2D eigenvalue weighted by Crippen LogP contribution is 2.49. The summed E-state index contributed by atoms with van der Waals surface area (Å²) in [5, 5.41) is 0. The van der Waals surface area contributed by atoms with Gasteiger partial charge in [-0.25, -0.2) is 0 Å². The number of rotatable bonds is 0. The Labute approximate surface area is 842 Å². The number of likely N-dealkylation sites (tertiary alicyclic amines) is 2. The molecule has 4 aliphatic rings. The third-order valence-electron chi connectivity index (χ3n) is 27.1. The second kappa shape index (κ2) is 55.8. The number of aromatic nitrogens is 4. The summed E-state index contributed by atoms with van der Waals surface area (Å²) >= 11 is 0. The number of benzene rings is 1. The maximum atomic E-state index is 4.72. The molecule has 6 atom stereocenters. The number of piperidine rings is 1. The summed E-state index contributed by atoms with van der Waals surface area (Å²) in [6.07, 6.45) is 22.1. The molecule has 4 aromatic heterocycles. The van der Waals surface area contributed by atoms with E-state index in [0.29, 0.717) is 43.6 Å². The molecule has 4 fully saturated rings. The summed E-state index contributed by atoms with van der Waals surface area (Å²) in [4.78, 5) is 23.1. The van der Waals surface area contributed by atoms with Gasteiger partial charge in [-0.15, -0.1) is 0 Å². The van der Waals surface area contributed by atoms with Crippen molar-refractivity contribution in [3.63, 3.8) is 0 Å². The molecule has 2 saturated carbocycles. The molecule has 0 bridgehead atoms. The van der Waals surface area contributed by atoms with Crippen LogP contribution in [0, 0.1) is 68.0 Å². The summed E-state index contributed by atoms with van der Waals surface area (Å²) in [5.74, 6) is 5.55. The molecule has 0 radical (unpaired) electrons. The topological polar surface area (TPSA) is 58.0 Å². The largest absolute Gasteiger partial charge is 0.298 e. The summed E-state index contributed by atoms with van der Waals surface area (Å²) in [6, 6.07) is 26.2. The predicted molar refractivity (Wildman–Crippen MR) is 617 cm³/mol. The molecule has 786 valence electrons. The molecule has 1 aromatic carbocycles. The predicted octanol–water partition coefficient (Wildman–Crippen LogP) is 40.8. The van der Waals surface area contributed by atoms with Gasteiger partial charge in [0, 0.05) is 93.4 Å². The number of hydrogen-bond donors (Lipinski definition) is 0. The summed E-state index contributed by atoms with van der Waals surface area (Å²) < 4.78 is 0. The smallest absolute Gasteiger partial charge is 0.0460 e. The van der Waals surface area contributed by atoms with Gasteiger partial charge in [0.25, 0.3) is 0 Å². The zero-order valence-corrected chi connectivity index (χ0v) is 93.3. The van der Waals surface area contributed by atoms with Crippen LogP contribution in [0.2, 0.25) is 0 Å². The minimum absolute atomic E-state index is 0. The lowest BCUT2D eigenvalue weighted by molar-refractivity contribution is 0.0388. The first kappa shape index (κ1) is 147. The summed E-state index contributed by atoms with van der Waals surface area (Å²) in [5.41, 5.74) is 18.5. The SMILES string of the molecule is C.C.C.C.C.C.C.C.C.CC(C)(C)C1CCC(C(C)(C)C)C1.CC(C)(C)C1CCCC(C(C)(C)C)C1.CC(C)(C)C1CCCN(C(C)(C)C)C1.CC(C)(C)C1CCN(C(C)(C)C)C1.CC(C)(C)c1cccc(C(C)(C)C)c1.CC(C)(C)c1cccc(C(C)(C)C)n1.CC(C)(C)c1ccnc(C(C)(C)C)c1.CC(C)(C)c1ccnc(C(C)(C)C)c1.CC(C)(C)c1cncc(C(C)(C)C)c1. The Balaban J connectivity index is -0.000000184. The summed E-state index contributed by atoms with van der Waals surface area (Å²) in [7, 11) is 0. The maximum absolute atomic E-state index is 4.72. The Morgan fingerprint density at radius 1 is 0.226 bits per heavy atom. The van der Waals surface area contributed by atoms with Crippen molar-refractivity contribution in [2.24, 2.45) is 68.0 Å². The molecule has 0 amide bonds. The monoisotopic (exact) mass is 1860 g/mol. The van der Waals surface area contributed by atoms with Crippen LogP contribution in [0.4, 0.5) is 0 Å². The van der Waals surface area contributed by atoms with Crippen molar-refractivity contribution < 1.29 is 0 Å². The Morgan fingerprint density at radius 3 is 0.692 bits per heavy atom. The van der Waals surface area contributed by atoms with Gasteiger partial charge in [-0.3, -0.25) is 29.7 Å². The van der Waals surface area contributed by atoms with Crippen molar-refractivity contribution in [2.45, 2.75) is 570 Å². The lowest BCUT2D eigenvalue weighted by Crippen LogP contribution is -2.49. The van der Waals surface area contributed by atoms with Crippen molar-refractivity contribution >= 4 is 0 Å². The van der Waals surface area contributed by atoms with Crippen molar-refractivity contribution in [3.05, 3.63) is 154 Å². The van der Waals surface area contributed by atoms with Crippen LogP contribution < -0.4 is 0 Å². The highest BCUT2D eigenvalue weighted by molar-refractivity contribution is 5.33. The lowest BCUT2D eigenvalue weighted by Gasteiger charge is -2.45. The fourth-order valence-electron chi connectivity index (χ4n) is 16.3. The first-order chi connectivity index (χ1) is 54.9. The van der Waals surface area contributed by atoms with Crippen LogP contribution in [-0.2, 0) is 54.1 Å². The van der Waals surface area contributed by atoms with Crippen LogP contribution >= 0.6 is 0 Å². The molecular weight excluding hydrogens is 1610 g/mol. The van der Waals surface area contributed by atoms with Crippen molar-refractivity contribution in [3.8, 4) is 0 Å². The van der Waals surface area contributed by atoms with Gasteiger partial charge in [0.15, 0.2) is 0 Å². The number of nitrogens with zero attached hydrogens (tertiary/aromatic N) is 6. The molecule has 0 spiro atoms. The minimum Gasteiger partial charge on any atom is -0.298 e. The molecule has 6 heteroatoms. The average molecular weight is 1860 g/mol. The van der Waals surface area contributed by atoms with E-state index < -0.39 is 0 Å². The first-order valence-electron chi connectivity index (χ1n) is 49.4. The van der Waals surface area contributed by atoms with Gasteiger partial charge in [0.1, 0.15) is 0 Å². The maximum Gasteiger partial charge on any atom is 0.0460 e. The van der Waals surface area contributed by atoms with E-state index in [0.717, 1.165) is 35.5 Å². The van der Waals surface area contributed by atoms with E-state index in [9.17, 15) is 0 Å². The van der Waals surface area contributed by atoms with E-state index in [1.807, 2.05) is 24.8 Å². The molecule has 2 aliphatic carbocycles. The van der Waals surface area contributed by atoms with Gasteiger partial charge in [-0.1, -0.05) is 442 Å². The standard InChI is InChI=1S/C14H28.C14H22.3C13H21N.C13H27N.C13H21N.C13H26.C12H25N.9CH4/c2*1-13(2,3)11-8-7-9-12(10-11)14(4,5)6;1-12(2,3)10-7-11(9-14-8-10)13(4,5)6;2*1-12(2,3)10-7-8-14-11(9-10)13(4,5)6;1-12(2,3)11-8-7-9-14(10-11)13(4,5)6;1-12(2,3)10-8-7-9-11(14-10)13(4,5)6;1-12(2,3)10-7-8-11(9-10)13(4,5)6;1-11(2,3)10-7-8-13(9-10)12(4,5)6;;;;;;;;;/h11-12H,7-10H2,1-6H3;7-10H,1-6H3;3*7-9H,1-6H3;11H,7-10H2,1-6H3;7-9H,1-6H3;10-11H,7-9H2,1-6H3;10H,7-9H2,1-6H3;9*1H4. The second-order valence-corrected chi connectivity index (χ2v) is 57.3. The Hall–Kier alpha value is -4.26. The van der Waals surface area contributed by atoms with Crippen LogP contribution in [-0.4, -0.2) is 67.0 Å². The Bertz CT molecular complexity index is 3150. The highest BCUT2D eigenvalue weighted by Gasteiger charge is 2.41. The van der Waals surface area contributed by atoms with E-state index in [2.05, 4.69) is 471 Å². The first-order valence-corrected chi connectivity index (χ1v) is 49.4. The molecular formula is C127H248N6. The van der Waals surface area contributed by atoms with Gasteiger partial charge in [0.2, 0.25) is 0 Å². The molecule has 6 unspecified atom stereocenters. The fraction of sp³-hybridized carbons (Fsp3) is 0.795. The Morgan fingerprint density at radius 2 is 0.459 bits per heavy atom. The molecule has 6 nitrogen and oxygen atoms in total. The van der Waals surface area contributed by atoms with Gasteiger partial charge in [0.05, 0.1) is 0 Å². The van der Waals surface area contributed by atoms with Crippen molar-refractivity contribution in [1.82, 2.24) is 29.7 Å². The minimum atomic E-state index is 0. The molecule has 2 aliphatic heterocycles. The molecule has 9 rings (SSSR count). The number of pyridine rings is 4. The Kier molecular flexibility index (Phi) is 61.5. The van der Waals surface area contributed by atoms with E-state index in [4.69, 9.17) is 4.98 Å². The normalized spacial score (nSPS) is 18.5. The zero-order valence-electron chi connectivity index (χ0n) is 93.3. The number of hydrogen-bond acceptors (Lipinski definition) is 6. The van der Waals surface area contributed by atoms with Crippen LogP contribution in [0.5, 0.6) is 0 Å². The lowest BCUT2D eigenvalue weighted by atomic mass is 9.63. The van der Waals surface area contributed by atoms with Crippen molar-refractivity contribution in [2.75, 3.05) is 26.2 Å². The van der Waals surface area contributed by atoms with Gasteiger partial charge in [-0.2, -0.15) is 0 Å². The van der Waals surface area contributed by atoms with Crippen molar-refractivity contribution in [1.29, 1.82) is 0 Å². The van der Waals surface area contributed by atoms with Gasteiger partial charge >= 0.3 is 0 Å². The van der Waals surface area contributed by atoms with E-state index in [1.165, 1.54) is 147 Å². The van der Waals surface area contributed by atoms with Gasteiger partial charge < -0.3 is 0 Å². The van der Waals surface area contributed by atoms with Gasteiger partial charge in [-0.05, 0) is 283 Å². The third kappa shape index (κ3) is 54.9. The zero-order chi connectivity index (χ0) is 97.4. The average Bonchev–Trinajstić information content (AvgIpc) is 1.68. The van der Waals surface area contributed by atoms with E-state index in [-0.39, 0.29) is 121 Å². The second-order valence-electron chi connectivity index (χ2n) is 57.3. The molecule has 6 heterocycles. The van der Waals surface area contributed by atoms with Crippen LogP contribution in [0.1, 0.15) is 561 Å². The highest BCUT2D eigenvalue weighted by atomic mass is 15.2. The molecule has 0 N–H and O–H groups in total. The van der Waals surface area contributed by atoms with Crippen LogP contribution in [0.15, 0.2) is 97.6 Å². The quantitative estimate of drug-likeness (QED) is 0.154. The van der Waals surface area contributed by atoms with E-state index >= 15 is 0 Å². The molecule has 2 saturated heterocycles. The third-order valence-corrected chi connectivity index (χ3v) is 27.1.